The van der Waals surface area contributed by atoms with E-state index in [0.717, 1.165) is 0 Å². The fraction of sp³-hybridized carbons (Fsp3) is 0.182. The monoisotopic (exact) mass is 411 g/mol. The van der Waals surface area contributed by atoms with E-state index in [-0.39, 0.29) is 16.6 Å². The second-order valence-corrected chi connectivity index (χ2v) is 6.70. The number of ether oxygens (including phenoxy) is 2. The molecule has 8 heteroatoms. The first-order valence-electron chi connectivity index (χ1n) is 9.12. The minimum atomic E-state index is -3.88. The summed E-state index contributed by atoms with van der Waals surface area (Å²) in [6.45, 7) is 0. The molecule has 3 aromatic carbocycles. The van der Waals surface area contributed by atoms with E-state index < -0.39 is 11.6 Å². The Labute approximate surface area is 171 Å². The fourth-order valence-electron chi connectivity index (χ4n) is 3.41. The van der Waals surface area contributed by atoms with Gasteiger partial charge >= 0.3 is 6.05 Å². The van der Waals surface area contributed by atoms with Gasteiger partial charge in [0.2, 0.25) is 5.60 Å². The summed E-state index contributed by atoms with van der Waals surface area (Å²) in [6.07, 6.45) is 0. The van der Waals surface area contributed by atoms with Gasteiger partial charge in [-0.2, -0.15) is 13.5 Å². The molecule has 4 aromatic rings. The van der Waals surface area contributed by atoms with Gasteiger partial charge in [-0.1, -0.05) is 41.6 Å². The zero-order valence-electron chi connectivity index (χ0n) is 16.3. The molecular formula is C22H19F2N3O3. The molecule has 0 aliphatic heterocycles. The van der Waals surface area contributed by atoms with E-state index in [1.54, 1.807) is 18.2 Å². The molecule has 0 aliphatic rings. The molecule has 0 saturated heterocycles. The Kier molecular flexibility index (Phi) is 4.87. The largest absolute Gasteiger partial charge is 0.497 e. The van der Waals surface area contributed by atoms with Gasteiger partial charge in [0.05, 0.1) is 19.7 Å². The average Bonchev–Trinajstić information content (AvgIpc) is 3.23. The summed E-state index contributed by atoms with van der Waals surface area (Å²) >= 11 is 0. The van der Waals surface area contributed by atoms with Gasteiger partial charge < -0.3 is 14.6 Å². The number of aliphatic hydroxyl groups is 1. The van der Waals surface area contributed by atoms with Crippen molar-refractivity contribution in [2.45, 2.75) is 11.6 Å². The van der Waals surface area contributed by atoms with Crippen LogP contribution >= 0.6 is 0 Å². The Bertz CT molecular complexity index is 1110. The number of nitrogens with zero attached hydrogens (tertiary/aromatic N) is 3. The van der Waals surface area contributed by atoms with Gasteiger partial charge in [0.15, 0.2) is 0 Å². The highest BCUT2D eigenvalue weighted by Crippen LogP contribution is 2.47. The number of halogens is 2. The van der Waals surface area contributed by atoms with Crippen LogP contribution in [0.1, 0.15) is 11.1 Å². The van der Waals surface area contributed by atoms with Crippen LogP contribution in [-0.2, 0) is 11.6 Å². The van der Waals surface area contributed by atoms with Crippen molar-refractivity contribution in [1.82, 2.24) is 15.0 Å². The van der Waals surface area contributed by atoms with Gasteiger partial charge in [0.25, 0.3) is 0 Å². The van der Waals surface area contributed by atoms with Crippen molar-refractivity contribution in [3.05, 3.63) is 83.9 Å². The van der Waals surface area contributed by atoms with Crippen molar-refractivity contribution < 1.29 is 23.4 Å². The van der Waals surface area contributed by atoms with E-state index >= 15 is 8.78 Å². The van der Waals surface area contributed by atoms with E-state index in [2.05, 4.69) is 10.3 Å². The number of rotatable bonds is 6. The predicted molar refractivity (Wildman–Crippen MR) is 107 cm³/mol. The molecule has 1 aromatic heterocycles. The molecule has 0 atom stereocenters. The highest BCUT2D eigenvalue weighted by molar-refractivity contribution is 5.74. The summed E-state index contributed by atoms with van der Waals surface area (Å²) in [6, 6.07) is 14.1. The zero-order chi connectivity index (χ0) is 21.4. The molecule has 30 heavy (non-hydrogen) atoms. The minimum absolute atomic E-state index is 0.0296. The van der Waals surface area contributed by atoms with Gasteiger partial charge in [-0.3, -0.25) is 0 Å². The molecule has 0 bridgehead atoms. The third kappa shape index (κ3) is 2.96. The van der Waals surface area contributed by atoms with E-state index in [4.69, 9.17) is 9.47 Å². The Balaban J connectivity index is 1.95. The molecule has 0 spiro atoms. The molecule has 4 rings (SSSR count). The first kappa shape index (κ1) is 19.8. The number of aromatic nitrogens is 3. The SMILES string of the molecule is COc1ccc(C(O)(c2ccc(OC)cc2)C(F)(F)n2nnc3ccccc32)cc1. The number of fused-ring (bicyclic) bond motifs is 1. The minimum Gasteiger partial charge on any atom is -0.497 e. The molecule has 1 heterocycles. The predicted octanol–water partition coefficient (Wildman–Crippen LogP) is 3.93. The lowest BCUT2D eigenvalue weighted by molar-refractivity contribution is -0.226. The number of benzene rings is 3. The first-order chi connectivity index (χ1) is 14.4. The van der Waals surface area contributed by atoms with Gasteiger partial charge in [0, 0.05) is 0 Å². The van der Waals surface area contributed by atoms with Crippen molar-refractivity contribution in [3.63, 3.8) is 0 Å². The van der Waals surface area contributed by atoms with Crippen molar-refractivity contribution in [2.75, 3.05) is 14.2 Å². The molecule has 6 nitrogen and oxygen atoms in total. The fourth-order valence-corrected chi connectivity index (χ4v) is 3.41. The van der Waals surface area contributed by atoms with E-state index in [1.165, 1.54) is 68.8 Å². The summed E-state index contributed by atoms with van der Waals surface area (Å²) in [5.41, 5.74) is -2.41. The summed E-state index contributed by atoms with van der Waals surface area (Å²) in [4.78, 5) is 0. The van der Waals surface area contributed by atoms with Crippen LogP contribution in [0.5, 0.6) is 11.5 Å². The maximum atomic E-state index is 16.1. The highest BCUT2D eigenvalue weighted by atomic mass is 19.3. The average molecular weight is 411 g/mol. The number of alkyl halides is 2. The maximum Gasteiger partial charge on any atom is 0.382 e. The van der Waals surface area contributed by atoms with Crippen LogP contribution in [0.4, 0.5) is 8.78 Å². The van der Waals surface area contributed by atoms with Gasteiger partial charge in [-0.15, -0.1) is 5.10 Å². The van der Waals surface area contributed by atoms with Crippen molar-refractivity contribution >= 4 is 11.0 Å². The molecule has 0 fully saturated rings. The molecule has 0 radical (unpaired) electrons. The summed E-state index contributed by atoms with van der Waals surface area (Å²) in [5, 5.41) is 19.1. The smallest absolute Gasteiger partial charge is 0.382 e. The number of hydrogen-bond acceptors (Lipinski definition) is 5. The lowest BCUT2D eigenvalue weighted by Crippen LogP contribution is -2.48. The van der Waals surface area contributed by atoms with E-state index in [9.17, 15) is 5.11 Å². The quantitative estimate of drug-likeness (QED) is 0.521. The topological polar surface area (TPSA) is 69.4 Å². The summed E-state index contributed by atoms with van der Waals surface area (Å²) < 4.78 is 42.8. The molecule has 0 unspecified atom stereocenters. The molecule has 154 valence electrons. The van der Waals surface area contributed by atoms with Crippen LogP contribution in [0.15, 0.2) is 72.8 Å². The Morgan fingerprint density at radius 3 is 1.80 bits per heavy atom. The van der Waals surface area contributed by atoms with Crippen molar-refractivity contribution in [3.8, 4) is 11.5 Å². The summed E-state index contributed by atoms with van der Waals surface area (Å²) in [7, 11) is 2.95. The van der Waals surface area contributed by atoms with Crippen LogP contribution in [0.2, 0.25) is 0 Å². The maximum absolute atomic E-state index is 16.1. The van der Waals surface area contributed by atoms with Crippen LogP contribution in [0, 0.1) is 0 Å². The van der Waals surface area contributed by atoms with Crippen LogP contribution < -0.4 is 9.47 Å². The third-order valence-corrected chi connectivity index (χ3v) is 5.07. The summed E-state index contributed by atoms with van der Waals surface area (Å²) in [5.74, 6) is 0.954. The number of para-hydroxylation sites is 1. The Hall–Kier alpha value is -3.52. The first-order valence-corrected chi connectivity index (χ1v) is 9.12. The van der Waals surface area contributed by atoms with E-state index in [0.29, 0.717) is 21.7 Å². The second kappa shape index (κ2) is 7.38. The molecule has 0 amide bonds. The molecular weight excluding hydrogens is 392 g/mol. The Morgan fingerprint density at radius 1 is 0.800 bits per heavy atom. The van der Waals surface area contributed by atoms with Gasteiger partial charge in [-0.25, -0.2) is 0 Å². The van der Waals surface area contributed by atoms with Crippen LogP contribution in [-0.4, -0.2) is 34.3 Å². The van der Waals surface area contributed by atoms with Crippen molar-refractivity contribution in [1.29, 1.82) is 0 Å². The second-order valence-electron chi connectivity index (χ2n) is 6.70. The van der Waals surface area contributed by atoms with Crippen LogP contribution in [0.3, 0.4) is 0 Å². The van der Waals surface area contributed by atoms with Crippen LogP contribution in [0.25, 0.3) is 11.0 Å². The standard InChI is InChI=1S/C22H19F2N3O3/c1-29-17-11-7-15(8-12-17)21(28,16-9-13-18(30-2)14-10-16)22(23,24)27-20-6-4-3-5-19(20)25-26-27/h3-14,28H,1-2H3. The normalized spacial score (nSPS) is 12.2. The molecule has 0 saturated carbocycles. The molecule has 1 N–H and O–H groups in total. The third-order valence-electron chi connectivity index (χ3n) is 5.07. The van der Waals surface area contributed by atoms with E-state index in [1.807, 2.05) is 0 Å². The number of methoxy groups -OCH3 is 2. The zero-order valence-corrected chi connectivity index (χ0v) is 16.3. The Morgan fingerprint density at radius 2 is 1.30 bits per heavy atom. The number of hydrogen-bond donors (Lipinski definition) is 1. The van der Waals surface area contributed by atoms with Gasteiger partial charge in [-0.05, 0) is 47.5 Å². The highest BCUT2D eigenvalue weighted by Gasteiger charge is 2.58. The van der Waals surface area contributed by atoms with Crippen molar-refractivity contribution in [2.24, 2.45) is 0 Å². The lowest BCUT2D eigenvalue weighted by atomic mass is 9.83. The lowest BCUT2D eigenvalue weighted by Gasteiger charge is -2.36. The molecule has 0 aliphatic carbocycles. The van der Waals surface area contributed by atoms with Gasteiger partial charge in [0.1, 0.15) is 17.0 Å².